The van der Waals surface area contributed by atoms with Gasteiger partial charge in [-0.25, -0.2) is 0 Å². The quantitative estimate of drug-likeness (QED) is 0.505. The van der Waals surface area contributed by atoms with E-state index in [-0.39, 0.29) is 11.3 Å². The van der Waals surface area contributed by atoms with E-state index in [2.05, 4.69) is 20.4 Å². The first kappa shape index (κ1) is 20.5. The number of H-pyrrole nitrogens is 1. The average Bonchev–Trinajstić information content (AvgIpc) is 3.24. The third-order valence-electron chi connectivity index (χ3n) is 6.23. The lowest BCUT2D eigenvalue weighted by atomic mass is 9.97. The molecule has 2 N–H and O–H groups in total. The highest BCUT2D eigenvalue weighted by atomic mass is 16.3. The van der Waals surface area contributed by atoms with Crippen molar-refractivity contribution in [3.63, 3.8) is 0 Å². The minimum absolute atomic E-state index is 0.0378. The molecule has 0 saturated carbocycles. The number of aromatic nitrogens is 2. The molecule has 7 nitrogen and oxygen atoms in total. The number of rotatable bonds is 5. The summed E-state index contributed by atoms with van der Waals surface area (Å²) < 4.78 is 5.71. The molecule has 0 aliphatic carbocycles. The van der Waals surface area contributed by atoms with Gasteiger partial charge in [0.05, 0.1) is 17.2 Å². The molecular formula is C25H26N4O3. The predicted octanol–water partition coefficient (Wildman–Crippen LogP) is 3.62. The number of para-hydroxylation sites is 1. The Hall–Kier alpha value is -3.45. The molecule has 0 radical (unpaired) electrons. The van der Waals surface area contributed by atoms with Gasteiger partial charge < -0.3 is 9.73 Å². The van der Waals surface area contributed by atoms with E-state index in [4.69, 9.17) is 4.42 Å². The first-order valence-corrected chi connectivity index (χ1v) is 11.0. The van der Waals surface area contributed by atoms with E-state index >= 15 is 0 Å². The number of hydrogen-bond acceptors (Lipinski definition) is 5. The van der Waals surface area contributed by atoms with Gasteiger partial charge in [0.1, 0.15) is 5.58 Å². The van der Waals surface area contributed by atoms with Crippen molar-refractivity contribution in [3.05, 3.63) is 75.8 Å². The summed E-state index contributed by atoms with van der Waals surface area (Å²) in [4.78, 5) is 27.9. The van der Waals surface area contributed by atoms with E-state index in [0.717, 1.165) is 42.4 Å². The molecule has 5 rings (SSSR count). The Morgan fingerprint density at radius 2 is 2.12 bits per heavy atom. The third-order valence-corrected chi connectivity index (χ3v) is 6.23. The van der Waals surface area contributed by atoms with Gasteiger partial charge in [0, 0.05) is 30.6 Å². The second kappa shape index (κ2) is 8.59. The molecule has 0 bridgehead atoms. The molecule has 0 unspecified atom stereocenters. The number of nitrogens with zero attached hydrogens (tertiary/aromatic N) is 2. The number of aryl methyl sites for hydroxylation is 1. The Kier molecular flexibility index (Phi) is 5.49. The van der Waals surface area contributed by atoms with Crippen LogP contribution in [0.1, 0.15) is 34.5 Å². The van der Waals surface area contributed by atoms with Crippen molar-refractivity contribution in [3.8, 4) is 0 Å². The zero-order chi connectivity index (χ0) is 22.1. The van der Waals surface area contributed by atoms with Crippen LogP contribution in [0.3, 0.4) is 0 Å². The van der Waals surface area contributed by atoms with Gasteiger partial charge in [0.15, 0.2) is 11.1 Å². The van der Waals surface area contributed by atoms with Crippen LogP contribution in [0.5, 0.6) is 0 Å². The highest BCUT2D eigenvalue weighted by Gasteiger charge is 2.23. The summed E-state index contributed by atoms with van der Waals surface area (Å²) in [5, 5.41) is 11.6. The molecule has 3 heterocycles. The van der Waals surface area contributed by atoms with Crippen LogP contribution in [-0.2, 0) is 6.54 Å². The topological polar surface area (TPSA) is 91.2 Å². The fourth-order valence-corrected chi connectivity index (χ4v) is 4.55. The Morgan fingerprint density at radius 3 is 3.03 bits per heavy atom. The number of benzene rings is 2. The number of carbonyl (C=O) groups excluding carboxylic acids is 1. The van der Waals surface area contributed by atoms with Crippen LogP contribution in [0.4, 0.5) is 0 Å². The number of fused-ring (bicyclic) bond motifs is 2. The number of piperidine rings is 1. The zero-order valence-corrected chi connectivity index (χ0v) is 18.1. The van der Waals surface area contributed by atoms with Crippen molar-refractivity contribution < 1.29 is 9.21 Å². The van der Waals surface area contributed by atoms with Crippen LogP contribution in [0.15, 0.2) is 57.9 Å². The molecule has 1 fully saturated rings. The Balaban J connectivity index is 1.23. The molecule has 1 saturated heterocycles. The molecule has 2 aromatic heterocycles. The molecule has 7 heteroatoms. The monoisotopic (exact) mass is 430 g/mol. The maximum absolute atomic E-state index is 12.9. The van der Waals surface area contributed by atoms with Gasteiger partial charge in [0.25, 0.3) is 5.91 Å². The third kappa shape index (κ3) is 4.03. The molecule has 2 aromatic carbocycles. The second-order valence-corrected chi connectivity index (χ2v) is 8.66. The van der Waals surface area contributed by atoms with E-state index in [1.54, 1.807) is 6.26 Å². The normalized spacial score (nSPS) is 17.1. The van der Waals surface area contributed by atoms with Gasteiger partial charge in [-0.15, -0.1) is 0 Å². The molecule has 1 aliphatic heterocycles. The summed E-state index contributed by atoms with van der Waals surface area (Å²) in [6.07, 6.45) is 3.67. The predicted molar refractivity (Wildman–Crippen MR) is 124 cm³/mol. The fraction of sp³-hybridized carbons (Fsp3) is 0.320. The molecule has 0 spiro atoms. The van der Waals surface area contributed by atoms with E-state index < -0.39 is 0 Å². The Morgan fingerprint density at radius 1 is 1.25 bits per heavy atom. The van der Waals surface area contributed by atoms with Crippen molar-refractivity contribution in [1.82, 2.24) is 20.4 Å². The van der Waals surface area contributed by atoms with Gasteiger partial charge in [-0.3, -0.25) is 19.6 Å². The molecule has 1 amide bonds. The molecular weight excluding hydrogens is 404 g/mol. The smallest absolute Gasteiger partial charge is 0.272 e. The van der Waals surface area contributed by atoms with Crippen LogP contribution in [0.25, 0.3) is 21.9 Å². The lowest BCUT2D eigenvalue weighted by Gasteiger charge is -2.32. The summed E-state index contributed by atoms with van der Waals surface area (Å²) >= 11 is 0. The first-order chi connectivity index (χ1) is 15.6. The van der Waals surface area contributed by atoms with Crippen molar-refractivity contribution >= 4 is 27.8 Å². The van der Waals surface area contributed by atoms with Crippen molar-refractivity contribution in [2.45, 2.75) is 26.3 Å². The minimum atomic E-state index is -0.162. The maximum Gasteiger partial charge on any atom is 0.272 e. The number of aromatic amines is 1. The highest BCUT2D eigenvalue weighted by Crippen LogP contribution is 2.20. The molecule has 32 heavy (non-hydrogen) atoms. The number of amides is 1. The van der Waals surface area contributed by atoms with E-state index in [0.29, 0.717) is 41.2 Å². The van der Waals surface area contributed by atoms with E-state index in [9.17, 15) is 9.59 Å². The van der Waals surface area contributed by atoms with Gasteiger partial charge in [-0.05, 0) is 50.4 Å². The van der Waals surface area contributed by atoms with Crippen molar-refractivity contribution in [1.29, 1.82) is 0 Å². The molecule has 4 aromatic rings. The summed E-state index contributed by atoms with van der Waals surface area (Å²) in [5.74, 6) is 0.165. The minimum Gasteiger partial charge on any atom is -0.464 e. The van der Waals surface area contributed by atoms with Crippen molar-refractivity contribution in [2.75, 3.05) is 19.6 Å². The Bertz CT molecular complexity index is 1340. The van der Waals surface area contributed by atoms with Gasteiger partial charge in [0.2, 0.25) is 0 Å². The number of likely N-dealkylation sites (tertiary alicyclic amines) is 1. The summed E-state index contributed by atoms with van der Waals surface area (Å²) in [6, 6.07) is 13.3. The van der Waals surface area contributed by atoms with E-state index in [1.807, 2.05) is 49.4 Å². The van der Waals surface area contributed by atoms with Crippen molar-refractivity contribution in [2.24, 2.45) is 5.92 Å². The molecule has 1 aliphatic rings. The summed E-state index contributed by atoms with van der Waals surface area (Å²) in [5.41, 5.74) is 3.66. The molecule has 1 atom stereocenters. The maximum atomic E-state index is 12.9. The van der Waals surface area contributed by atoms with Gasteiger partial charge in [-0.1, -0.05) is 29.8 Å². The van der Waals surface area contributed by atoms with Crippen LogP contribution in [-0.4, -0.2) is 40.6 Å². The van der Waals surface area contributed by atoms with Crippen LogP contribution < -0.4 is 10.7 Å². The second-order valence-electron chi connectivity index (χ2n) is 8.66. The zero-order valence-electron chi connectivity index (χ0n) is 18.1. The van der Waals surface area contributed by atoms with Crippen LogP contribution in [0.2, 0.25) is 0 Å². The molecule has 164 valence electrons. The van der Waals surface area contributed by atoms with Crippen LogP contribution >= 0.6 is 0 Å². The summed E-state index contributed by atoms with van der Waals surface area (Å²) in [6.45, 7) is 4.87. The fourth-order valence-electron chi connectivity index (χ4n) is 4.55. The standard InChI is InChI=1S/C25H26N4O3/c1-16-8-9-22-20(11-16)24(30)18(15-32-22)14-29-10-4-5-17(13-29)12-26-25(31)23-19-6-2-3-7-21(19)27-28-23/h2-3,6-9,11,15,17H,4-5,10,12-14H2,1H3,(H,26,31)(H,27,28)/t17-/m0/s1. The number of hydrogen-bond donors (Lipinski definition) is 2. The average molecular weight is 431 g/mol. The number of carbonyl (C=O) groups is 1. The summed E-state index contributed by atoms with van der Waals surface area (Å²) in [7, 11) is 0. The first-order valence-electron chi connectivity index (χ1n) is 11.0. The lowest BCUT2D eigenvalue weighted by molar-refractivity contribution is 0.0927. The lowest BCUT2D eigenvalue weighted by Crippen LogP contribution is -2.41. The van der Waals surface area contributed by atoms with Crippen LogP contribution in [0, 0.1) is 12.8 Å². The number of nitrogens with one attached hydrogen (secondary N) is 2. The highest BCUT2D eigenvalue weighted by molar-refractivity contribution is 6.04. The van der Waals surface area contributed by atoms with Gasteiger partial charge in [-0.2, -0.15) is 5.10 Å². The SMILES string of the molecule is Cc1ccc2occ(CN3CCC[C@@H](CNC(=O)c4n[nH]c5ccccc45)C3)c(=O)c2c1. The van der Waals surface area contributed by atoms with E-state index in [1.165, 1.54) is 0 Å². The Labute approximate surface area is 185 Å². The van der Waals surface area contributed by atoms with Gasteiger partial charge >= 0.3 is 0 Å². The largest absolute Gasteiger partial charge is 0.464 e.